The van der Waals surface area contributed by atoms with Crippen LogP contribution in [0.25, 0.3) is 0 Å². The van der Waals surface area contributed by atoms with Crippen LogP contribution < -0.4 is 5.73 Å². The highest BCUT2D eigenvalue weighted by molar-refractivity contribution is 7.99. The molecule has 92 valence electrons. The Morgan fingerprint density at radius 1 is 1.18 bits per heavy atom. The Morgan fingerprint density at radius 3 is 2.76 bits per heavy atom. The van der Waals surface area contributed by atoms with E-state index >= 15 is 0 Å². The van der Waals surface area contributed by atoms with Crippen molar-refractivity contribution in [1.29, 1.82) is 0 Å². The first-order valence-electron chi connectivity index (χ1n) is 6.76. The number of aryl methyl sites for hydroxylation is 2. The molecule has 0 amide bonds. The predicted octanol–water partition coefficient (Wildman–Crippen LogP) is 3.40. The summed E-state index contributed by atoms with van der Waals surface area (Å²) in [6, 6.07) is 7.08. The number of nitrogens with two attached hydrogens (primary N) is 1. The Kier molecular flexibility index (Phi) is 3.18. The van der Waals surface area contributed by atoms with E-state index in [1.54, 1.807) is 11.1 Å². The maximum Gasteiger partial charge on any atom is 0.00750 e. The highest BCUT2D eigenvalue weighted by atomic mass is 32.2. The fourth-order valence-electron chi connectivity index (χ4n) is 2.82. The third-order valence-electron chi connectivity index (χ3n) is 4.25. The van der Waals surface area contributed by atoms with Crippen LogP contribution >= 0.6 is 11.8 Å². The van der Waals surface area contributed by atoms with Gasteiger partial charge < -0.3 is 5.73 Å². The minimum Gasteiger partial charge on any atom is -0.330 e. The summed E-state index contributed by atoms with van der Waals surface area (Å²) in [5.74, 6) is 1.27. The average Bonchev–Trinajstić information content (AvgIpc) is 2.95. The van der Waals surface area contributed by atoms with E-state index < -0.39 is 0 Å². The van der Waals surface area contributed by atoms with Crippen molar-refractivity contribution in [1.82, 2.24) is 0 Å². The molecule has 2 heteroatoms. The summed E-state index contributed by atoms with van der Waals surface area (Å²) >= 11 is 2.04. The van der Waals surface area contributed by atoms with E-state index in [9.17, 15) is 0 Å². The summed E-state index contributed by atoms with van der Waals surface area (Å²) in [6.07, 6.45) is 7.92. The first-order valence-corrected chi connectivity index (χ1v) is 7.75. The molecule has 0 unspecified atom stereocenters. The SMILES string of the molecule is NCCC1(CSc2ccc3c(c2)CCC3)CC1. The molecule has 0 bridgehead atoms. The summed E-state index contributed by atoms with van der Waals surface area (Å²) in [7, 11) is 0. The van der Waals surface area contributed by atoms with Crippen LogP contribution in [0.1, 0.15) is 36.8 Å². The molecule has 0 heterocycles. The van der Waals surface area contributed by atoms with Crippen molar-refractivity contribution in [2.24, 2.45) is 11.1 Å². The second-order valence-corrected chi connectivity index (χ2v) is 6.66. The highest BCUT2D eigenvalue weighted by Gasteiger charge is 2.41. The Morgan fingerprint density at radius 2 is 2.00 bits per heavy atom. The van der Waals surface area contributed by atoms with Gasteiger partial charge in [0.25, 0.3) is 0 Å². The van der Waals surface area contributed by atoms with Gasteiger partial charge in [-0.1, -0.05) is 6.07 Å². The summed E-state index contributed by atoms with van der Waals surface area (Å²) in [5.41, 5.74) is 9.46. The molecule has 1 aromatic carbocycles. The molecule has 2 aliphatic carbocycles. The van der Waals surface area contributed by atoms with Gasteiger partial charge in [0.1, 0.15) is 0 Å². The first-order chi connectivity index (χ1) is 8.31. The molecule has 1 saturated carbocycles. The Balaban J connectivity index is 1.62. The smallest absolute Gasteiger partial charge is 0.00750 e. The van der Waals surface area contributed by atoms with E-state index in [1.807, 2.05) is 11.8 Å². The lowest BCUT2D eigenvalue weighted by Crippen LogP contribution is -2.11. The Bertz CT molecular complexity index is 409. The molecule has 1 aromatic rings. The highest BCUT2D eigenvalue weighted by Crippen LogP contribution is 2.51. The van der Waals surface area contributed by atoms with Crippen molar-refractivity contribution in [2.45, 2.75) is 43.4 Å². The van der Waals surface area contributed by atoms with Gasteiger partial charge in [-0.25, -0.2) is 0 Å². The molecular formula is C15H21NS. The van der Waals surface area contributed by atoms with Crippen LogP contribution in [0.3, 0.4) is 0 Å². The first kappa shape index (κ1) is 11.6. The van der Waals surface area contributed by atoms with Crippen molar-refractivity contribution >= 4 is 11.8 Å². The van der Waals surface area contributed by atoms with Crippen LogP contribution in [0.15, 0.2) is 23.1 Å². The minimum atomic E-state index is 0.596. The average molecular weight is 247 g/mol. The van der Waals surface area contributed by atoms with Crippen LogP contribution in [-0.4, -0.2) is 12.3 Å². The van der Waals surface area contributed by atoms with E-state index in [4.69, 9.17) is 5.73 Å². The second-order valence-electron chi connectivity index (χ2n) is 5.61. The van der Waals surface area contributed by atoms with Gasteiger partial charge in [-0.3, -0.25) is 0 Å². The standard InChI is InChI=1S/C15H21NS/c16-9-8-15(6-7-15)11-17-14-5-4-12-2-1-3-13(12)10-14/h4-5,10H,1-3,6-9,11,16H2. The molecule has 0 saturated heterocycles. The van der Waals surface area contributed by atoms with Crippen LogP contribution in [0.4, 0.5) is 0 Å². The molecule has 1 fully saturated rings. The van der Waals surface area contributed by atoms with Gasteiger partial charge >= 0.3 is 0 Å². The van der Waals surface area contributed by atoms with Crippen molar-refractivity contribution in [3.63, 3.8) is 0 Å². The zero-order chi connectivity index (χ0) is 11.7. The van der Waals surface area contributed by atoms with E-state index in [-0.39, 0.29) is 0 Å². The molecule has 0 aliphatic heterocycles. The zero-order valence-corrected chi connectivity index (χ0v) is 11.2. The lowest BCUT2D eigenvalue weighted by molar-refractivity contribution is 0.537. The van der Waals surface area contributed by atoms with Gasteiger partial charge in [-0.05, 0) is 73.7 Å². The normalized spacial score (nSPS) is 20.3. The molecular weight excluding hydrogens is 226 g/mol. The molecule has 17 heavy (non-hydrogen) atoms. The Hall–Kier alpha value is -0.470. The van der Waals surface area contributed by atoms with Crippen LogP contribution in [0, 0.1) is 5.41 Å². The van der Waals surface area contributed by atoms with Gasteiger partial charge in [0, 0.05) is 10.6 Å². The lowest BCUT2D eigenvalue weighted by Gasteiger charge is -2.13. The monoisotopic (exact) mass is 247 g/mol. The van der Waals surface area contributed by atoms with Gasteiger partial charge in [-0.2, -0.15) is 0 Å². The van der Waals surface area contributed by atoms with Crippen molar-refractivity contribution in [2.75, 3.05) is 12.3 Å². The molecule has 3 rings (SSSR count). The summed E-state index contributed by atoms with van der Waals surface area (Å²) in [4.78, 5) is 1.47. The van der Waals surface area contributed by atoms with E-state index in [2.05, 4.69) is 18.2 Å². The second kappa shape index (κ2) is 4.66. The lowest BCUT2D eigenvalue weighted by atomic mass is 10.1. The van der Waals surface area contributed by atoms with Gasteiger partial charge in [0.05, 0.1) is 0 Å². The fourth-order valence-corrected chi connectivity index (χ4v) is 4.12. The topological polar surface area (TPSA) is 26.0 Å². The quantitative estimate of drug-likeness (QED) is 0.807. The maximum absolute atomic E-state index is 5.69. The van der Waals surface area contributed by atoms with Gasteiger partial charge in [0.2, 0.25) is 0 Å². The van der Waals surface area contributed by atoms with Crippen molar-refractivity contribution < 1.29 is 0 Å². The third kappa shape index (κ3) is 2.53. The van der Waals surface area contributed by atoms with Crippen LogP contribution in [0.2, 0.25) is 0 Å². The minimum absolute atomic E-state index is 0.596. The molecule has 1 nitrogen and oxygen atoms in total. The number of rotatable bonds is 5. The summed E-state index contributed by atoms with van der Waals surface area (Å²) in [6.45, 7) is 0.852. The van der Waals surface area contributed by atoms with Gasteiger partial charge in [-0.15, -0.1) is 11.8 Å². The number of fused-ring (bicyclic) bond motifs is 1. The number of hydrogen-bond acceptors (Lipinski definition) is 2. The predicted molar refractivity (Wildman–Crippen MR) is 74.5 cm³/mol. The van der Waals surface area contributed by atoms with Gasteiger partial charge in [0.15, 0.2) is 0 Å². The van der Waals surface area contributed by atoms with Crippen LogP contribution in [-0.2, 0) is 12.8 Å². The van der Waals surface area contributed by atoms with Crippen molar-refractivity contribution in [3.05, 3.63) is 29.3 Å². The van der Waals surface area contributed by atoms with E-state index in [0.29, 0.717) is 5.41 Å². The van der Waals surface area contributed by atoms with E-state index in [0.717, 1.165) is 6.54 Å². The molecule has 0 radical (unpaired) electrons. The maximum atomic E-state index is 5.69. The molecule has 2 aliphatic rings. The summed E-state index contributed by atoms with van der Waals surface area (Å²) in [5, 5.41) is 0. The molecule has 2 N–H and O–H groups in total. The molecule has 0 atom stereocenters. The van der Waals surface area contributed by atoms with Crippen molar-refractivity contribution in [3.8, 4) is 0 Å². The third-order valence-corrected chi connectivity index (χ3v) is 5.59. The zero-order valence-electron chi connectivity index (χ0n) is 10.4. The molecule has 0 aromatic heterocycles. The summed E-state index contributed by atoms with van der Waals surface area (Å²) < 4.78 is 0. The molecule has 0 spiro atoms. The number of thioether (sulfide) groups is 1. The number of hydrogen-bond donors (Lipinski definition) is 1. The fraction of sp³-hybridized carbons (Fsp3) is 0.600. The number of benzene rings is 1. The van der Waals surface area contributed by atoms with E-state index in [1.165, 1.54) is 49.2 Å². The largest absolute Gasteiger partial charge is 0.330 e. The van der Waals surface area contributed by atoms with Crippen LogP contribution in [0.5, 0.6) is 0 Å². The Labute approximate surface area is 108 Å².